The first kappa shape index (κ1) is 33.2. The van der Waals surface area contributed by atoms with E-state index in [1.807, 2.05) is 0 Å². The van der Waals surface area contributed by atoms with Crippen molar-refractivity contribution in [2.75, 3.05) is 26.4 Å². The van der Waals surface area contributed by atoms with Gasteiger partial charge in [0.15, 0.2) is 6.29 Å². The highest BCUT2D eigenvalue weighted by molar-refractivity contribution is 7.46. The first-order chi connectivity index (χ1) is 17.9. The number of nitrogens with zero attached hydrogens (tertiary/aromatic N) is 1. The number of phosphoric ester groups is 1. The van der Waals surface area contributed by atoms with Crippen molar-refractivity contribution in [1.82, 2.24) is 4.90 Å². The number of hydrogen-bond donors (Lipinski definition) is 6. The number of Topliss-reactive ketones (excluding diaryl/α,β-unsaturated/α-hetero) is 1. The predicted octanol–water partition coefficient (Wildman–Crippen LogP) is 0.229. The van der Waals surface area contributed by atoms with Gasteiger partial charge in [-0.05, 0) is 32.1 Å². The Bertz CT molecular complexity index is 777. The van der Waals surface area contributed by atoms with Crippen LogP contribution in [-0.4, -0.2) is 110 Å². The molecule has 0 spiro atoms. The summed E-state index contributed by atoms with van der Waals surface area (Å²) in [6.45, 7) is 1.40. The Hall–Kier alpha value is -0.990. The van der Waals surface area contributed by atoms with Crippen LogP contribution < -0.4 is 0 Å². The first-order valence-corrected chi connectivity index (χ1v) is 14.9. The van der Waals surface area contributed by atoms with Gasteiger partial charge in [0.2, 0.25) is 5.91 Å². The molecule has 0 radical (unpaired) electrons. The summed E-state index contributed by atoms with van der Waals surface area (Å²) in [5.74, 6) is -0.485. The Labute approximate surface area is 223 Å². The Morgan fingerprint density at radius 1 is 0.974 bits per heavy atom. The van der Waals surface area contributed by atoms with Gasteiger partial charge < -0.3 is 44.6 Å². The Balaban J connectivity index is 1.51. The lowest BCUT2D eigenvalue weighted by Gasteiger charge is -2.40. The van der Waals surface area contributed by atoms with E-state index >= 15 is 0 Å². The number of carbonyl (C=O) groups is 2. The molecule has 0 aromatic carbocycles. The lowest BCUT2D eigenvalue weighted by atomic mass is 9.92. The van der Waals surface area contributed by atoms with Crippen LogP contribution in [0, 0.1) is 5.92 Å². The number of ketones is 1. The minimum Gasteiger partial charge on any atom is -0.394 e. The van der Waals surface area contributed by atoms with Crippen LogP contribution in [-0.2, 0) is 28.2 Å². The van der Waals surface area contributed by atoms with E-state index in [-0.39, 0.29) is 37.7 Å². The number of aliphatic hydroxyl groups is 4. The van der Waals surface area contributed by atoms with E-state index in [1.165, 1.54) is 4.90 Å². The number of phosphoric acid groups is 1. The lowest BCUT2D eigenvalue weighted by Crippen LogP contribution is -2.55. The average molecular weight is 570 g/mol. The van der Waals surface area contributed by atoms with E-state index in [4.69, 9.17) is 19.3 Å². The fourth-order valence-electron chi connectivity index (χ4n) is 4.79. The van der Waals surface area contributed by atoms with Crippen LogP contribution in [0.25, 0.3) is 0 Å². The zero-order valence-corrected chi connectivity index (χ0v) is 22.9. The molecule has 2 saturated heterocycles. The second kappa shape index (κ2) is 16.3. The van der Waals surface area contributed by atoms with Crippen molar-refractivity contribution in [3.63, 3.8) is 0 Å². The van der Waals surface area contributed by atoms with Crippen molar-refractivity contribution in [3.8, 4) is 0 Å². The molecule has 2 rings (SSSR count). The molecule has 5 unspecified atom stereocenters. The molecule has 0 saturated carbocycles. The second-order valence-corrected chi connectivity index (χ2v) is 11.5. The molecule has 222 valence electrons. The number of β-amino-alcohol motifs (C(OH)–C–C–N with tert-alkyl or cyclic N) is 1. The summed E-state index contributed by atoms with van der Waals surface area (Å²) in [7, 11) is -4.65. The third-order valence-electron chi connectivity index (χ3n) is 7.06. The zero-order valence-electron chi connectivity index (χ0n) is 22.0. The standard InChI is InChI=1S/C24H44NO12P/c1-16-22(30)23(31)20(14-26)37-24(16)35-11-7-6-9-18(27)8-4-2-3-5-10-21(29)25-13-19(28)12-17(25)15-36-38(32,33)34/h16-17,19-20,22-24,26,28,30-31H,2-15H2,1H3,(H2,32,33,34)/t16?,17-,19+,20?,22?,23?,24?/m0/s1. The molecule has 14 heteroatoms. The van der Waals surface area contributed by atoms with Crippen LogP contribution >= 0.6 is 7.82 Å². The van der Waals surface area contributed by atoms with Gasteiger partial charge >= 0.3 is 7.82 Å². The minimum absolute atomic E-state index is 0.120. The number of hydrogen-bond acceptors (Lipinski definition) is 10. The van der Waals surface area contributed by atoms with Crippen LogP contribution in [0.3, 0.4) is 0 Å². The van der Waals surface area contributed by atoms with Gasteiger partial charge in [0.1, 0.15) is 18.0 Å². The van der Waals surface area contributed by atoms with Crippen LogP contribution in [0.4, 0.5) is 0 Å². The quantitative estimate of drug-likeness (QED) is 0.103. The molecule has 13 nitrogen and oxygen atoms in total. The number of carbonyl (C=O) groups excluding carboxylic acids is 2. The maximum absolute atomic E-state index is 12.5. The van der Waals surface area contributed by atoms with E-state index in [9.17, 15) is 34.6 Å². The van der Waals surface area contributed by atoms with Crippen molar-refractivity contribution in [2.45, 2.75) is 108 Å². The highest BCUT2D eigenvalue weighted by Crippen LogP contribution is 2.37. The number of unbranched alkanes of at least 4 members (excludes halogenated alkanes) is 4. The van der Waals surface area contributed by atoms with Gasteiger partial charge in [0.25, 0.3) is 0 Å². The summed E-state index contributed by atoms with van der Waals surface area (Å²) in [6.07, 6.45) is 0.956. The number of amides is 1. The van der Waals surface area contributed by atoms with Crippen LogP contribution in [0.5, 0.6) is 0 Å². The maximum Gasteiger partial charge on any atom is 0.469 e. The van der Waals surface area contributed by atoms with Crippen molar-refractivity contribution < 1.29 is 58.4 Å². The lowest BCUT2D eigenvalue weighted by molar-refractivity contribution is -0.282. The molecule has 0 aromatic heterocycles. The topological polar surface area (TPSA) is 204 Å². The van der Waals surface area contributed by atoms with E-state index in [1.54, 1.807) is 6.92 Å². The van der Waals surface area contributed by atoms with Gasteiger partial charge in [0, 0.05) is 38.3 Å². The van der Waals surface area contributed by atoms with Gasteiger partial charge in [0.05, 0.1) is 31.5 Å². The average Bonchev–Trinajstić information content (AvgIpc) is 3.24. The zero-order chi connectivity index (χ0) is 28.3. The van der Waals surface area contributed by atoms with Crippen LogP contribution in [0.1, 0.15) is 71.1 Å². The molecule has 2 heterocycles. The molecule has 2 fully saturated rings. The number of likely N-dealkylation sites (tertiary alicyclic amines) is 1. The molecule has 2 aliphatic rings. The molecule has 0 bridgehead atoms. The van der Waals surface area contributed by atoms with Gasteiger partial charge in [-0.3, -0.25) is 14.1 Å². The highest BCUT2D eigenvalue weighted by Gasteiger charge is 2.42. The Morgan fingerprint density at radius 2 is 1.61 bits per heavy atom. The molecule has 2 aliphatic heterocycles. The van der Waals surface area contributed by atoms with Crippen LogP contribution in [0.2, 0.25) is 0 Å². The maximum atomic E-state index is 12.5. The fourth-order valence-corrected chi connectivity index (χ4v) is 5.16. The number of aliphatic hydroxyl groups excluding tert-OH is 4. The largest absolute Gasteiger partial charge is 0.469 e. The van der Waals surface area contributed by atoms with Gasteiger partial charge in [-0.1, -0.05) is 19.8 Å². The summed E-state index contributed by atoms with van der Waals surface area (Å²) in [6, 6.07) is -0.566. The van der Waals surface area contributed by atoms with Gasteiger partial charge in [-0.15, -0.1) is 0 Å². The van der Waals surface area contributed by atoms with E-state index < -0.39 is 57.1 Å². The number of rotatable bonds is 17. The van der Waals surface area contributed by atoms with Gasteiger partial charge in [-0.25, -0.2) is 4.57 Å². The summed E-state index contributed by atoms with van der Waals surface area (Å²) in [5.41, 5.74) is 0. The second-order valence-electron chi connectivity index (χ2n) is 10.2. The molecular formula is C24H44NO12P. The van der Waals surface area contributed by atoms with Crippen molar-refractivity contribution in [3.05, 3.63) is 0 Å². The normalized spacial score (nSPS) is 30.1. The molecule has 0 aliphatic carbocycles. The minimum atomic E-state index is -4.65. The smallest absolute Gasteiger partial charge is 0.394 e. The van der Waals surface area contributed by atoms with E-state index in [0.717, 1.165) is 19.3 Å². The molecular weight excluding hydrogens is 525 g/mol. The van der Waals surface area contributed by atoms with Gasteiger partial charge in [-0.2, -0.15) is 0 Å². The first-order valence-electron chi connectivity index (χ1n) is 13.4. The SMILES string of the molecule is CC1C(OCCCCC(=O)CCCCCCC(=O)N2C[C@H](O)C[C@H]2COP(=O)(O)O)OC(CO)C(O)C1O. The van der Waals surface area contributed by atoms with Crippen molar-refractivity contribution >= 4 is 19.5 Å². The molecule has 7 atom stereocenters. The molecule has 38 heavy (non-hydrogen) atoms. The third kappa shape index (κ3) is 11.2. The highest BCUT2D eigenvalue weighted by atomic mass is 31.2. The molecule has 1 amide bonds. The number of ether oxygens (including phenoxy) is 2. The summed E-state index contributed by atoms with van der Waals surface area (Å²) < 4.78 is 26.6. The Morgan fingerprint density at radius 3 is 2.24 bits per heavy atom. The summed E-state index contributed by atoms with van der Waals surface area (Å²) >= 11 is 0. The fraction of sp³-hybridized carbons (Fsp3) is 0.917. The predicted molar refractivity (Wildman–Crippen MR) is 134 cm³/mol. The molecule has 0 aromatic rings. The van der Waals surface area contributed by atoms with Crippen molar-refractivity contribution in [1.29, 1.82) is 0 Å². The summed E-state index contributed by atoms with van der Waals surface area (Å²) in [4.78, 5) is 43.7. The van der Waals surface area contributed by atoms with E-state index in [2.05, 4.69) is 4.52 Å². The van der Waals surface area contributed by atoms with Crippen LogP contribution in [0.15, 0.2) is 0 Å². The Kier molecular flexibility index (Phi) is 14.3. The third-order valence-corrected chi connectivity index (χ3v) is 7.55. The summed E-state index contributed by atoms with van der Waals surface area (Å²) in [5, 5.41) is 39.0. The monoisotopic (exact) mass is 569 g/mol. The molecule has 6 N–H and O–H groups in total. The van der Waals surface area contributed by atoms with E-state index in [0.29, 0.717) is 38.7 Å². The van der Waals surface area contributed by atoms with Crippen molar-refractivity contribution in [2.24, 2.45) is 5.92 Å².